The molecule has 1 aromatic rings. The van der Waals surface area contributed by atoms with Gasteiger partial charge in [-0.3, -0.25) is 19.3 Å². The number of hydrogen-bond donors (Lipinski definition) is 1. The Morgan fingerprint density at radius 1 is 1.04 bits per heavy atom. The summed E-state index contributed by atoms with van der Waals surface area (Å²) in [5, 5.41) is 2.90. The van der Waals surface area contributed by atoms with E-state index in [1.165, 1.54) is 0 Å². The van der Waals surface area contributed by atoms with E-state index in [2.05, 4.69) is 10.2 Å². The molecule has 0 radical (unpaired) electrons. The van der Waals surface area contributed by atoms with E-state index in [1.54, 1.807) is 31.2 Å². The molecule has 2 rings (SSSR count). The van der Waals surface area contributed by atoms with E-state index < -0.39 is 0 Å². The summed E-state index contributed by atoms with van der Waals surface area (Å²) in [6.07, 6.45) is 0. The molecule has 1 aliphatic rings. The monoisotopic (exact) mass is 345 g/mol. The van der Waals surface area contributed by atoms with Crippen LogP contribution < -0.4 is 5.32 Å². The van der Waals surface area contributed by atoms with Crippen LogP contribution in [0.1, 0.15) is 41.5 Å². The zero-order chi connectivity index (χ0) is 18.4. The van der Waals surface area contributed by atoms with Crippen LogP contribution in [0.15, 0.2) is 24.3 Å². The van der Waals surface area contributed by atoms with E-state index in [-0.39, 0.29) is 23.5 Å². The fraction of sp³-hybridized carbons (Fsp3) is 0.526. The molecule has 0 unspecified atom stereocenters. The zero-order valence-electron chi connectivity index (χ0n) is 15.2. The number of Topliss-reactive ketones (excluding diaryl/α,β-unsaturated/α-hetero) is 1. The van der Waals surface area contributed by atoms with E-state index in [4.69, 9.17) is 0 Å². The average molecular weight is 345 g/mol. The first-order valence-electron chi connectivity index (χ1n) is 8.79. The van der Waals surface area contributed by atoms with Crippen LogP contribution in [0, 0.1) is 5.92 Å². The van der Waals surface area contributed by atoms with Gasteiger partial charge >= 0.3 is 0 Å². The Morgan fingerprint density at radius 2 is 1.64 bits per heavy atom. The maximum atomic E-state index is 12.4. The van der Waals surface area contributed by atoms with Crippen molar-refractivity contribution in [3.05, 3.63) is 35.4 Å². The predicted octanol–water partition coefficient (Wildman–Crippen LogP) is 1.42. The molecule has 0 spiro atoms. The van der Waals surface area contributed by atoms with Crippen molar-refractivity contribution in [2.24, 2.45) is 5.92 Å². The second-order valence-electron chi connectivity index (χ2n) is 6.67. The van der Waals surface area contributed by atoms with Crippen molar-refractivity contribution in [2.45, 2.75) is 20.8 Å². The van der Waals surface area contributed by atoms with Gasteiger partial charge in [-0.2, -0.15) is 0 Å². The highest BCUT2D eigenvalue weighted by Crippen LogP contribution is 2.14. The van der Waals surface area contributed by atoms with E-state index in [1.807, 2.05) is 18.7 Å². The topological polar surface area (TPSA) is 69.7 Å². The Hall–Kier alpha value is -2.21. The minimum atomic E-state index is -0.216. The Balaban J connectivity index is 1.85. The summed E-state index contributed by atoms with van der Waals surface area (Å²) in [5.74, 6) is -0.274. The second-order valence-corrected chi connectivity index (χ2v) is 6.67. The van der Waals surface area contributed by atoms with Crippen molar-refractivity contribution in [1.29, 1.82) is 0 Å². The third kappa shape index (κ3) is 5.13. The lowest BCUT2D eigenvalue weighted by molar-refractivity contribution is -0.130. The summed E-state index contributed by atoms with van der Waals surface area (Å²) in [6.45, 7) is 9.60. The number of rotatable bonds is 6. The molecule has 136 valence electrons. The number of benzene rings is 1. The Labute approximate surface area is 149 Å². The highest BCUT2D eigenvalue weighted by molar-refractivity contribution is 6.08. The molecule has 1 fully saturated rings. The van der Waals surface area contributed by atoms with Gasteiger partial charge in [0.25, 0.3) is 5.91 Å². The van der Waals surface area contributed by atoms with Crippen LogP contribution in [0.25, 0.3) is 0 Å². The molecule has 0 atom stereocenters. The normalized spacial score (nSPS) is 15.3. The van der Waals surface area contributed by atoms with Crippen molar-refractivity contribution in [3.63, 3.8) is 0 Å². The molecule has 1 aliphatic heterocycles. The SMILES string of the molecule is CC(=O)N1CCN(CCNC(=O)c2ccccc2C(=O)C(C)C)CC1. The van der Waals surface area contributed by atoms with Crippen LogP contribution >= 0.6 is 0 Å². The Kier molecular flexibility index (Phi) is 6.70. The number of ketones is 1. The number of nitrogens with one attached hydrogen (secondary N) is 1. The Bertz CT molecular complexity index is 635. The Morgan fingerprint density at radius 3 is 2.20 bits per heavy atom. The van der Waals surface area contributed by atoms with Gasteiger partial charge in [-0.15, -0.1) is 0 Å². The number of nitrogens with zero attached hydrogens (tertiary/aromatic N) is 2. The fourth-order valence-electron chi connectivity index (χ4n) is 2.92. The van der Waals surface area contributed by atoms with Gasteiger partial charge < -0.3 is 10.2 Å². The minimum Gasteiger partial charge on any atom is -0.351 e. The molecule has 0 saturated carbocycles. The van der Waals surface area contributed by atoms with Gasteiger partial charge in [0.15, 0.2) is 5.78 Å². The quantitative estimate of drug-likeness (QED) is 0.792. The van der Waals surface area contributed by atoms with E-state index in [0.29, 0.717) is 17.7 Å². The number of amides is 2. The van der Waals surface area contributed by atoms with Crippen LogP contribution in [0.3, 0.4) is 0 Å². The highest BCUT2D eigenvalue weighted by atomic mass is 16.2. The van der Waals surface area contributed by atoms with Crippen LogP contribution in [0.5, 0.6) is 0 Å². The smallest absolute Gasteiger partial charge is 0.252 e. The molecule has 6 heteroatoms. The second kappa shape index (κ2) is 8.76. The lowest BCUT2D eigenvalue weighted by atomic mass is 9.96. The maximum absolute atomic E-state index is 12.4. The van der Waals surface area contributed by atoms with Gasteiger partial charge in [-0.25, -0.2) is 0 Å². The van der Waals surface area contributed by atoms with Gasteiger partial charge in [0.2, 0.25) is 5.91 Å². The number of piperazine rings is 1. The summed E-state index contributed by atoms with van der Waals surface area (Å²) in [7, 11) is 0. The van der Waals surface area contributed by atoms with E-state index in [0.717, 1.165) is 32.7 Å². The summed E-state index contributed by atoms with van der Waals surface area (Å²) >= 11 is 0. The number of carbonyl (C=O) groups excluding carboxylic acids is 3. The number of hydrogen-bond acceptors (Lipinski definition) is 4. The van der Waals surface area contributed by atoms with Gasteiger partial charge in [-0.05, 0) is 6.07 Å². The van der Waals surface area contributed by atoms with Crippen LogP contribution in [0.4, 0.5) is 0 Å². The van der Waals surface area contributed by atoms with Gasteiger partial charge in [0.1, 0.15) is 0 Å². The third-order valence-corrected chi connectivity index (χ3v) is 4.49. The molecule has 2 amide bonds. The predicted molar refractivity (Wildman–Crippen MR) is 96.6 cm³/mol. The third-order valence-electron chi connectivity index (χ3n) is 4.49. The summed E-state index contributed by atoms with van der Waals surface area (Å²) in [5.41, 5.74) is 0.910. The van der Waals surface area contributed by atoms with Crippen LogP contribution in [-0.4, -0.2) is 66.7 Å². The summed E-state index contributed by atoms with van der Waals surface area (Å²) in [4.78, 5) is 40.1. The largest absolute Gasteiger partial charge is 0.351 e. The van der Waals surface area contributed by atoms with Gasteiger partial charge in [-0.1, -0.05) is 32.0 Å². The lowest BCUT2D eigenvalue weighted by Gasteiger charge is -2.34. The zero-order valence-corrected chi connectivity index (χ0v) is 15.2. The first kappa shape index (κ1) is 19.1. The maximum Gasteiger partial charge on any atom is 0.252 e. The average Bonchev–Trinajstić information content (AvgIpc) is 2.61. The van der Waals surface area contributed by atoms with Crippen LogP contribution in [-0.2, 0) is 4.79 Å². The first-order valence-corrected chi connectivity index (χ1v) is 8.79. The van der Waals surface area contributed by atoms with Crippen LogP contribution in [0.2, 0.25) is 0 Å². The fourth-order valence-corrected chi connectivity index (χ4v) is 2.92. The summed E-state index contributed by atoms with van der Waals surface area (Å²) < 4.78 is 0. The van der Waals surface area contributed by atoms with Crippen molar-refractivity contribution in [1.82, 2.24) is 15.1 Å². The van der Waals surface area contributed by atoms with Crippen molar-refractivity contribution in [2.75, 3.05) is 39.3 Å². The molecule has 25 heavy (non-hydrogen) atoms. The molecular formula is C19H27N3O3. The van der Waals surface area contributed by atoms with Gasteiger partial charge in [0.05, 0.1) is 5.56 Å². The van der Waals surface area contributed by atoms with E-state index in [9.17, 15) is 14.4 Å². The summed E-state index contributed by atoms with van der Waals surface area (Å²) in [6, 6.07) is 6.95. The van der Waals surface area contributed by atoms with Gasteiger partial charge in [0, 0.05) is 57.7 Å². The first-order chi connectivity index (χ1) is 11.9. The molecule has 1 N–H and O–H groups in total. The van der Waals surface area contributed by atoms with E-state index >= 15 is 0 Å². The van der Waals surface area contributed by atoms with Crippen molar-refractivity contribution < 1.29 is 14.4 Å². The van der Waals surface area contributed by atoms with Crippen molar-refractivity contribution in [3.8, 4) is 0 Å². The molecule has 0 aliphatic carbocycles. The molecule has 1 aromatic carbocycles. The number of carbonyl (C=O) groups is 3. The molecule has 6 nitrogen and oxygen atoms in total. The highest BCUT2D eigenvalue weighted by Gasteiger charge is 2.20. The molecule has 1 saturated heterocycles. The lowest BCUT2D eigenvalue weighted by Crippen LogP contribution is -2.49. The molecule has 0 bridgehead atoms. The standard InChI is InChI=1S/C19H27N3O3/c1-14(2)18(24)16-6-4-5-7-17(16)19(25)20-8-9-21-10-12-22(13-11-21)15(3)23/h4-7,14H,8-13H2,1-3H3,(H,20,25). The minimum absolute atomic E-state index is 0.0221. The molecule has 0 aromatic heterocycles. The molecular weight excluding hydrogens is 318 g/mol. The van der Waals surface area contributed by atoms with Crippen molar-refractivity contribution >= 4 is 17.6 Å². The molecule has 1 heterocycles.